The van der Waals surface area contributed by atoms with Crippen LogP contribution in [0.3, 0.4) is 0 Å². The number of hydrogen-bond acceptors (Lipinski definition) is 6. The van der Waals surface area contributed by atoms with Gasteiger partial charge in [-0.1, -0.05) is 0 Å². The standard InChI is InChI=1S/C14H20N2O4/c1-9(2)16(8-13(17)19-4)12-7-6-11(10(3)15-12)14(18)20-5/h6-7,9H,8H2,1-5H3. The Hall–Kier alpha value is -2.11. The van der Waals surface area contributed by atoms with Crippen LogP contribution in [0.25, 0.3) is 0 Å². The lowest BCUT2D eigenvalue weighted by molar-refractivity contribution is -0.139. The van der Waals surface area contributed by atoms with Crippen molar-refractivity contribution in [1.82, 2.24) is 4.98 Å². The number of aryl methyl sites for hydroxylation is 1. The van der Waals surface area contributed by atoms with Crippen LogP contribution in [0, 0.1) is 6.92 Å². The molecule has 1 rings (SSSR count). The van der Waals surface area contributed by atoms with Crippen molar-refractivity contribution >= 4 is 17.8 Å². The number of anilines is 1. The molecule has 110 valence electrons. The number of carbonyl (C=O) groups is 2. The smallest absolute Gasteiger partial charge is 0.339 e. The molecular formula is C14H20N2O4. The Morgan fingerprint density at radius 2 is 1.90 bits per heavy atom. The Balaban J connectivity index is 3.07. The zero-order chi connectivity index (χ0) is 15.3. The minimum atomic E-state index is -0.425. The molecule has 1 aromatic heterocycles. The zero-order valence-electron chi connectivity index (χ0n) is 12.5. The third kappa shape index (κ3) is 3.69. The summed E-state index contributed by atoms with van der Waals surface area (Å²) in [5.41, 5.74) is 0.975. The Kier molecular flexibility index (Phi) is 5.49. The molecule has 0 saturated heterocycles. The fourth-order valence-corrected chi connectivity index (χ4v) is 1.77. The number of ether oxygens (including phenoxy) is 2. The second kappa shape index (κ2) is 6.88. The van der Waals surface area contributed by atoms with Gasteiger partial charge in [-0.3, -0.25) is 4.79 Å². The lowest BCUT2D eigenvalue weighted by Gasteiger charge is -2.27. The maximum atomic E-state index is 11.5. The molecule has 20 heavy (non-hydrogen) atoms. The van der Waals surface area contributed by atoms with E-state index in [1.54, 1.807) is 24.0 Å². The van der Waals surface area contributed by atoms with Gasteiger partial charge in [0.25, 0.3) is 0 Å². The molecule has 0 aromatic carbocycles. The number of methoxy groups -OCH3 is 2. The van der Waals surface area contributed by atoms with Gasteiger partial charge in [0.2, 0.25) is 0 Å². The van der Waals surface area contributed by atoms with Crippen molar-refractivity contribution in [2.75, 3.05) is 25.7 Å². The summed E-state index contributed by atoms with van der Waals surface area (Å²) in [5, 5.41) is 0. The zero-order valence-corrected chi connectivity index (χ0v) is 12.5. The van der Waals surface area contributed by atoms with Gasteiger partial charge in [-0.2, -0.15) is 0 Å². The second-order valence-corrected chi connectivity index (χ2v) is 4.59. The number of nitrogens with zero attached hydrogens (tertiary/aromatic N) is 2. The Bertz CT molecular complexity index is 500. The van der Waals surface area contributed by atoms with Crippen LogP contribution in [-0.2, 0) is 14.3 Å². The predicted molar refractivity (Wildman–Crippen MR) is 74.8 cm³/mol. The van der Waals surface area contributed by atoms with Gasteiger partial charge in [0.05, 0.1) is 25.5 Å². The Labute approximate surface area is 118 Å². The highest BCUT2D eigenvalue weighted by Crippen LogP contribution is 2.17. The van der Waals surface area contributed by atoms with E-state index < -0.39 is 5.97 Å². The van der Waals surface area contributed by atoms with Crippen LogP contribution >= 0.6 is 0 Å². The quantitative estimate of drug-likeness (QED) is 0.762. The highest BCUT2D eigenvalue weighted by atomic mass is 16.5. The number of esters is 2. The van der Waals surface area contributed by atoms with Crippen molar-refractivity contribution in [2.45, 2.75) is 26.8 Å². The Morgan fingerprint density at radius 1 is 1.25 bits per heavy atom. The number of aromatic nitrogens is 1. The topological polar surface area (TPSA) is 68.7 Å². The number of carbonyl (C=O) groups excluding carboxylic acids is 2. The third-order valence-corrected chi connectivity index (χ3v) is 2.92. The second-order valence-electron chi connectivity index (χ2n) is 4.59. The molecule has 0 fully saturated rings. The van der Waals surface area contributed by atoms with E-state index in [1.165, 1.54) is 14.2 Å². The van der Waals surface area contributed by atoms with Crippen molar-refractivity contribution in [1.29, 1.82) is 0 Å². The highest BCUT2D eigenvalue weighted by molar-refractivity contribution is 5.90. The van der Waals surface area contributed by atoms with Gasteiger partial charge >= 0.3 is 11.9 Å². The van der Waals surface area contributed by atoms with Crippen molar-refractivity contribution < 1.29 is 19.1 Å². The molecule has 1 aromatic rings. The molecule has 0 amide bonds. The van der Waals surface area contributed by atoms with Crippen molar-refractivity contribution in [2.24, 2.45) is 0 Å². The minimum absolute atomic E-state index is 0.0741. The van der Waals surface area contributed by atoms with Gasteiger partial charge < -0.3 is 14.4 Å². The van der Waals surface area contributed by atoms with E-state index in [0.29, 0.717) is 17.1 Å². The summed E-state index contributed by atoms with van der Waals surface area (Å²) in [6.45, 7) is 5.74. The van der Waals surface area contributed by atoms with Crippen LogP contribution in [0.2, 0.25) is 0 Å². The van der Waals surface area contributed by atoms with Gasteiger partial charge in [0.15, 0.2) is 0 Å². The molecule has 0 saturated carbocycles. The van der Waals surface area contributed by atoms with Crippen molar-refractivity contribution in [3.05, 3.63) is 23.4 Å². The van der Waals surface area contributed by atoms with E-state index in [9.17, 15) is 9.59 Å². The molecule has 0 aliphatic carbocycles. The maximum Gasteiger partial charge on any atom is 0.339 e. The summed E-state index contributed by atoms with van der Waals surface area (Å²) >= 11 is 0. The van der Waals surface area contributed by atoms with E-state index >= 15 is 0 Å². The fourth-order valence-electron chi connectivity index (χ4n) is 1.77. The van der Waals surface area contributed by atoms with E-state index in [-0.39, 0.29) is 18.6 Å². The summed E-state index contributed by atoms with van der Waals surface area (Å²) in [6.07, 6.45) is 0. The molecule has 0 aliphatic heterocycles. The lowest BCUT2D eigenvalue weighted by Crippen LogP contribution is -2.37. The third-order valence-electron chi connectivity index (χ3n) is 2.92. The summed E-state index contributed by atoms with van der Waals surface area (Å²) in [6, 6.07) is 3.42. The number of rotatable bonds is 5. The van der Waals surface area contributed by atoms with E-state index in [4.69, 9.17) is 0 Å². The molecule has 6 nitrogen and oxygen atoms in total. The van der Waals surface area contributed by atoms with Crippen molar-refractivity contribution in [3.8, 4) is 0 Å². The highest BCUT2D eigenvalue weighted by Gasteiger charge is 2.18. The largest absolute Gasteiger partial charge is 0.468 e. The van der Waals surface area contributed by atoms with Crippen LogP contribution < -0.4 is 4.90 Å². The monoisotopic (exact) mass is 280 g/mol. The van der Waals surface area contributed by atoms with Gasteiger partial charge in [-0.15, -0.1) is 0 Å². The van der Waals surface area contributed by atoms with E-state index in [2.05, 4.69) is 14.5 Å². The summed E-state index contributed by atoms with van der Waals surface area (Å²) in [7, 11) is 2.67. The molecule has 0 spiro atoms. The first-order chi connectivity index (χ1) is 9.40. The minimum Gasteiger partial charge on any atom is -0.468 e. The fraction of sp³-hybridized carbons (Fsp3) is 0.500. The number of pyridine rings is 1. The van der Waals surface area contributed by atoms with Gasteiger partial charge in [0, 0.05) is 6.04 Å². The summed E-state index contributed by atoms with van der Waals surface area (Å²) in [4.78, 5) is 29.1. The molecule has 0 N–H and O–H groups in total. The predicted octanol–water partition coefficient (Wildman–Crippen LogP) is 1.56. The van der Waals surface area contributed by atoms with E-state index in [0.717, 1.165) is 0 Å². The molecule has 0 radical (unpaired) electrons. The average Bonchev–Trinajstić information content (AvgIpc) is 2.43. The number of hydrogen-bond donors (Lipinski definition) is 0. The first kappa shape index (κ1) is 15.9. The molecule has 0 aliphatic rings. The van der Waals surface area contributed by atoms with Crippen LogP contribution in [0.4, 0.5) is 5.82 Å². The van der Waals surface area contributed by atoms with Crippen LogP contribution in [0.1, 0.15) is 29.9 Å². The van der Waals surface area contributed by atoms with Crippen LogP contribution in [0.15, 0.2) is 12.1 Å². The first-order valence-electron chi connectivity index (χ1n) is 6.30. The average molecular weight is 280 g/mol. The van der Waals surface area contributed by atoms with Crippen LogP contribution in [0.5, 0.6) is 0 Å². The summed E-state index contributed by atoms with van der Waals surface area (Å²) < 4.78 is 9.36. The first-order valence-corrected chi connectivity index (χ1v) is 6.30. The molecule has 6 heteroatoms. The Morgan fingerprint density at radius 3 is 2.35 bits per heavy atom. The molecule has 0 bridgehead atoms. The van der Waals surface area contributed by atoms with Gasteiger partial charge in [0.1, 0.15) is 12.4 Å². The maximum absolute atomic E-state index is 11.5. The normalized spacial score (nSPS) is 10.3. The van der Waals surface area contributed by atoms with Gasteiger partial charge in [-0.25, -0.2) is 9.78 Å². The molecule has 1 heterocycles. The molecular weight excluding hydrogens is 260 g/mol. The van der Waals surface area contributed by atoms with E-state index in [1.807, 2.05) is 13.8 Å². The molecule has 0 atom stereocenters. The van der Waals surface area contributed by atoms with Crippen molar-refractivity contribution in [3.63, 3.8) is 0 Å². The lowest BCUT2D eigenvalue weighted by atomic mass is 10.2. The SMILES string of the molecule is COC(=O)CN(c1ccc(C(=O)OC)c(C)n1)C(C)C. The summed E-state index contributed by atoms with van der Waals surface area (Å²) in [5.74, 6) is -0.142. The van der Waals surface area contributed by atoms with Gasteiger partial charge in [-0.05, 0) is 32.9 Å². The van der Waals surface area contributed by atoms with Crippen LogP contribution in [-0.4, -0.2) is 43.7 Å². The molecule has 0 unspecified atom stereocenters.